The summed E-state index contributed by atoms with van der Waals surface area (Å²) in [6.07, 6.45) is 5.27. The highest BCUT2D eigenvalue weighted by Crippen LogP contribution is 2.69. The van der Waals surface area contributed by atoms with Crippen LogP contribution in [0.3, 0.4) is 0 Å². The SMILES string of the molecule is O=C(O)C1CC(NC(=O)C2C3C4CCC(C4)C23)C1. The third-order valence-corrected chi connectivity index (χ3v) is 5.87. The average molecular weight is 249 g/mol. The van der Waals surface area contributed by atoms with Crippen LogP contribution >= 0.6 is 0 Å². The summed E-state index contributed by atoms with van der Waals surface area (Å²) in [5.74, 6) is 2.55. The number of fused-ring (bicyclic) bond motifs is 5. The van der Waals surface area contributed by atoms with Crippen molar-refractivity contribution in [3.05, 3.63) is 0 Å². The lowest BCUT2D eigenvalue weighted by Crippen LogP contribution is -2.47. The molecule has 0 aliphatic heterocycles. The molecule has 0 heterocycles. The maximum atomic E-state index is 12.2. The Morgan fingerprint density at radius 1 is 1.00 bits per heavy atom. The van der Waals surface area contributed by atoms with Gasteiger partial charge in [0, 0.05) is 12.0 Å². The molecular weight excluding hydrogens is 230 g/mol. The summed E-state index contributed by atoms with van der Waals surface area (Å²) in [5, 5.41) is 11.9. The molecule has 4 rings (SSSR count). The Kier molecular flexibility index (Phi) is 2.10. The van der Waals surface area contributed by atoms with Crippen molar-refractivity contribution in [1.82, 2.24) is 5.32 Å². The van der Waals surface area contributed by atoms with E-state index in [9.17, 15) is 9.59 Å². The molecule has 4 atom stereocenters. The van der Waals surface area contributed by atoms with E-state index in [1.807, 2.05) is 0 Å². The summed E-state index contributed by atoms with van der Waals surface area (Å²) in [7, 11) is 0. The lowest BCUT2D eigenvalue weighted by atomic mass is 9.80. The van der Waals surface area contributed by atoms with Crippen molar-refractivity contribution in [2.45, 2.75) is 38.1 Å². The highest BCUT2D eigenvalue weighted by molar-refractivity contribution is 5.83. The Morgan fingerprint density at radius 3 is 2.17 bits per heavy atom. The Bertz CT molecular complexity index is 399. The van der Waals surface area contributed by atoms with Crippen LogP contribution in [-0.4, -0.2) is 23.0 Å². The van der Waals surface area contributed by atoms with E-state index in [0.717, 1.165) is 11.8 Å². The number of nitrogens with one attached hydrogen (secondary N) is 1. The summed E-state index contributed by atoms with van der Waals surface area (Å²) in [6.45, 7) is 0. The van der Waals surface area contributed by atoms with Gasteiger partial charge in [-0.25, -0.2) is 0 Å². The second-order valence-corrected chi connectivity index (χ2v) is 6.73. The summed E-state index contributed by atoms with van der Waals surface area (Å²) in [6, 6.07) is 0.123. The number of carbonyl (C=O) groups is 2. The Labute approximate surface area is 106 Å². The first-order valence-corrected chi connectivity index (χ1v) is 7.18. The summed E-state index contributed by atoms with van der Waals surface area (Å²) in [5.41, 5.74) is 0. The molecule has 0 aromatic heterocycles. The number of aliphatic carboxylic acids is 1. The highest BCUT2D eigenvalue weighted by Gasteiger charge is 2.67. The first-order valence-electron chi connectivity index (χ1n) is 7.18. The fraction of sp³-hybridized carbons (Fsp3) is 0.857. The van der Waals surface area contributed by atoms with Crippen LogP contribution in [0.4, 0.5) is 0 Å². The van der Waals surface area contributed by atoms with Gasteiger partial charge in [0.2, 0.25) is 5.91 Å². The molecule has 4 fully saturated rings. The maximum absolute atomic E-state index is 12.2. The number of carboxylic acid groups (broad SMARTS) is 1. The molecule has 0 aromatic rings. The largest absolute Gasteiger partial charge is 0.481 e. The molecule has 4 nitrogen and oxygen atoms in total. The van der Waals surface area contributed by atoms with Gasteiger partial charge in [-0.05, 0) is 55.8 Å². The number of carboxylic acids is 1. The van der Waals surface area contributed by atoms with Crippen molar-refractivity contribution < 1.29 is 14.7 Å². The predicted octanol–water partition coefficient (Wildman–Crippen LogP) is 1.26. The molecule has 98 valence electrons. The Balaban J connectivity index is 1.30. The molecule has 2 N–H and O–H groups in total. The van der Waals surface area contributed by atoms with E-state index in [1.54, 1.807) is 0 Å². The average Bonchev–Trinajstić information content (AvgIpc) is 2.72. The fourth-order valence-electron chi connectivity index (χ4n) is 4.91. The van der Waals surface area contributed by atoms with Gasteiger partial charge in [-0.3, -0.25) is 9.59 Å². The third-order valence-electron chi connectivity index (χ3n) is 5.87. The molecule has 4 aliphatic rings. The van der Waals surface area contributed by atoms with Crippen molar-refractivity contribution in [2.75, 3.05) is 0 Å². The summed E-state index contributed by atoms with van der Waals surface area (Å²) in [4.78, 5) is 22.9. The van der Waals surface area contributed by atoms with E-state index in [0.29, 0.717) is 24.7 Å². The van der Waals surface area contributed by atoms with E-state index in [4.69, 9.17) is 5.11 Å². The maximum Gasteiger partial charge on any atom is 0.306 e. The Morgan fingerprint density at radius 2 is 1.61 bits per heavy atom. The number of amides is 1. The minimum atomic E-state index is -0.721. The van der Waals surface area contributed by atoms with Gasteiger partial charge in [-0.2, -0.15) is 0 Å². The summed E-state index contributed by atoms with van der Waals surface area (Å²) >= 11 is 0. The first-order chi connectivity index (χ1) is 8.65. The van der Waals surface area contributed by atoms with Crippen molar-refractivity contribution in [1.29, 1.82) is 0 Å². The lowest BCUT2D eigenvalue weighted by Gasteiger charge is -2.33. The number of rotatable bonds is 3. The van der Waals surface area contributed by atoms with Crippen LogP contribution in [0.2, 0.25) is 0 Å². The van der Waals surface area contributed by atoms with Gasteiger partial charge in [-0.1, -0.05) is 0 Å². The van der Waals surface area contributed by atoms with Crippen LogP contribution in [0.25, 0.3) is 0 Å². The van der Waals surface area contributed by atoms with Gasteiger partial charge in [-0.15, -0.1) is 0 Å². The minimum absolute atomic E-state index is 0.123. The zero-order chi connectivity index (χ0) is 12.4. The van der Waals surface area contributed by atoms with Crippen LogP contribution in [-0.2, 0) is 9.59 Å². The van der Waals surface area contributed by atoms with Crippen LogP contribution in [0, 0.1) is 35.5 Å². The van der Waals surface area contributed by atoms with Gasteiger partial charge < -0.3 is 10.4 Å². The standard InChI is InChI=1S/C14H19NO3/c16-13(15-9-4-8(5-9)14(17)18)12-10-6-1-2-7(3-6)11(10)12/h6-12H,1-5H2,(H,15,16)(H,17,18). The van der Waals surface area contributed by atoms with Gasteiger partial charge in [0.15, 0.2) is 0 Å². The molecule has 1 amide bonds. The van der Waals surface area contributed by atoms with Crippen LogP contribution in [0.1, 0.15) is 32.1 Å². The monoisotopic (exact) mass is 249 g/mol. The van der Waals surface area contributed by atoms with E-state index >= 15 is 0 Å². The van der Waals surface area contributed by atoms with Crippen molar-refractivity contribution in [3.63, 3.8) is 0 Å². The van der Waals surface area contributed by atoms with E-state index in [-0.39, 0.29) is 23.8 Å². The van der Waals surface area contributed by atoms with Gasteiger partial charge in [0.1, 0.15) is 0 Å². The van der Waals surface area contributed by atoms with Crippen LogP contribution in [0.5, 0.6) is 0 Å². The Hall–Kier alpha value is -1.06. The molecule has 2 bridgehead atoms. The molecule has 4 unspecified atom stereocenters. The van der Waals surface area contributed by atoms with E-state index in [1.165, 1.54) is 19.3 Å². The lowest BCUT2D eigenvalue weighted by molar-refractivity contribution is -0.146. The molecule has 0 saturated heterocycles. The van der Waals surface area contributed by atoms with Gasteiger partial charge >= 0.3 is 5.97 Å². The molecule has 0 radical (unpaired) electrons. The quantitative estimate of drug-likeness (QED) is 0.791. The zero-order valence-corrected chi connectivity index (χ0v) is 10.3. The molecule has 4 heteroatoms. The molecule has 0 spiro atoms. The van der Waals surface area contributed by atoms with Crippen LogP contribution in [0.15, 0.2) is 0 Å². The second-order valence-electron chi connectivity index (χ2n) is 6.73. The van der Waals surface area contributed by atoms with Crippen molar-refractivity contribution >= 4 is 11.9 Å². The molecule has 18 heavy (non-hydrogen) atoms. The van der Waals surface area contributed by atoms with Gasteiger partial charge in [0.25, 0.3) is 0 Å². The van der Waals surface area contributed by atoms with Crippen molar-refractivity contribution in [3.8, 4) is 0 Å². The fourth-order valence-corrected chi connectivity index (χ4v) is 4.91. The number of hydrogen-bond acceptors (Lipinski definition) is 2. The van der Waals surface area contributed by atoms with Crippen LogP contribution < -0.4 is 5.32 Å². The third kappa shape index (κ3) is 1.38. The number of carbonyl (C=O) groups excluding carboxylic acids is 1. The van der Waals surface area contributed by atoms with E-state index in [2.05, 4.69) is 5.32 Å². The number of hydrogen-bond donors (Lipinski definition) is 2. The first kappa shape index (κ1) is 10.8. The van der Waals surface area contributed by atoms with E-state index < -0.39 is 5.97 Å². The molecule has 4 saturated carbocycles. The summed E-state index contributed by atoms with van der Waals surface area (Å²) < 4.78 is 0. The normalized spacial score (nSPS) is 51.4. The highest BCUT2D eigenvalue weighted by atomic mass is 16.4. The van der Waals surface area contributed by atoms with Gasteiger partial charge in [0.05, 0.1) is 5.92 Å². The molecule has 4 aliphatic carbocycles. The molecular formula is C14H19NO3. The predicted molar refractivity (Wildman–Crippen MR) is 63.6 cm³/mol. The minimum Gasteiger partial charge on any atom is -0.481 e. The zero-order valence-electron chi connectivity index (χ0n) is 10.3. The molecule has 0 aromatic carbocycles. The topological polar surface area (TPSA) is 66.4 Å². The smallest absolute Gasteiger partial charge is 0.306 e. The van der Waals surface area contributed by atoms with Crippen molar-refractivity contribution in [2.24, 2.45) is 35.5 Å². The second kappa shape index (κ2) is 3.49.